The summed E-state index contributed by atoms with van der Waals surface area (Å²) in [6, 6.07) is 16.8. The lowest BCUT2D eigenvalue weighted by Gasteiger charge is -2.18. The van der Waals surface area contributed by atoms with Gasteiger partial charge >= 0.3 is 0 Å². The second kappa shape index (κ2) is 8.84. The maximum absolute atomic E-state index is 12.6. The molecule has 5 nitrogen and oxygen atoms in total. The number of anilines is 1. The van der Waals surface area contributed by atoms with Crippen LogP contribution in [0.15, 0.2) is 54.6 Å². The molecule has 0 aromatic heterocycles. The van der Waals surface area contributed by atoms with Crippen LogP contribution < -0.4 is 10.6 Å². The summed E-state index contributed by atoms with van der Waals surface area (Å²) >= 11 is 0. The normalized spacial score (nSPS) is 10.2. The lowest BCUT2D eigenvalue weighted by atomic mass is 10.1. The predicted molar refractivity (Wildman–Crippen MR) is 95.9 cm³/mol. The Morgan fingerprint density at radius 2 is 1.79 bits per heavy atom. The van der Waals surface area contributed by atoms with E-state index in [9.17, 15) is 9.59 Å². The number of benzene rings is 2. The van der Waals surface area contributed by atoms with Crippen LogP contribution in [-0.4, -0.2) is 36.9 Å². The van der Waals surface area contributed by atoms with Crippen molar-refractivity contribution in [3.63, 3.8) is 0 Å². The van der Waals surface area contributed by atoms with Crippen LogP contribution >= 0.6 is 0 Å². The summed E-state index contributed by atoms with van der Waals surface area (Å²) in [5.41, 5.74) is 2.25. The summed E-state index contributed by atoms with van der Waals surface area (Å²) in [5.74, 6) is -0.208. The Bertz CT molecular complexity index is 686. The fourth-order valence-corrected chi connectivity index (χ4v) is 2.32. The van der Waals surface area contributed by atoms with E-state index in [0.29, 0.717) is 17.8 Å². The maximum atomic E-state index is 12.6. The smallest absolute Gasteiger partial charge is 0.253 e. The third-order valence-corrected chi connectivity index (χ3v) is 3.54. The van der Waals surface area contributed by atoms with Gasteiger partial charge in [0.05, 0.1) is 6.54 Å². The SMILES string of the molecule is CCNCC(=O)Nc1cccc(C(=O)N(C)Cc2ccccc2)c1. The van der Waals surface area contributed by atoms with E-state index in [0.717, 1.165) is 12.1 Å². The van der Waals surface area contributed by atoms with E-state index in [1.54, 1.807) is 36.2 Å². The Kier molecular flexibility index (Phi) is 6.51. The van der Waals surface area contributed by atoms with E-state index in [4.69, 9.17) is 0 Å². The van der Waals surface area contributed by atoms with Crippen LogP contribution in [0.5, 0.6) is 0 Å². The number of carbonyl (C=O) groups excluding carboxylic acids is 2. The van der Waals surface area contributed by atoms with Crippen molar-refractivity contribution in [1.29, 1.82) is 0 Å². The zero-order chi connectivity index (χ0) is 17.4. The van der Waals surface area contributed by atoms with Crippen molar-refractivity contribution in [1.82, 2.24) is 10.2 Å². The molecule has 0 bridgehead atoms. The standard InChI is InChI=1S/C19H23N3O2/c1-3-20-13-18(23)21-17-11-7-10-16(12-17)19(24)22(2)14-15-8-5-4-6-9-15/h4-12,20H,3,13-14H2,1-2H3,(H,21,23). The van der Waals surface area contributed by atoms with Crippen LogP contribution in [0.1, 0.15) is 22.8 Å². The molecule has 0 saturated heterocycles. The number of amides is 2. The van der Waals surface area contributed by atoms with Crippen LogP contribution in [0.25, 0.3) is 0 Å². The van der Waals surface area contributed by atoms with Crippen molar-refractivity contribution in [3.05, 3.63) is 65.7 Å². The number of hydrogen-bond acceptors (Lipinski definition) is 3. The Hall–Kier alpha value is -2.66. The molecule has 0 aliphatic carbocycles. The van der Waals surface area contributed by atoms with Crippen molar-refractivity contribution in [3.8, 4) is 0 Å². The number of nitrogens with zero attached hydrogens (tertiary/aromatic N) is 1. The third kappa shape index (κ3) is 5.21. The Labute approximate surface area is 142 Å². The molecule has 0 spiro atoms. The highest BCUT2D eigenvalue weighted by Gasteiger charge is 2.13. The van der Waals surface area contributed by atoms with Crippen molar-refractivity contribution in [2.45, 2.75) is 13.5 Å². The molecule has 0 heterocycles. The molecule has 0 atom stereocenters. The molecule has 24 heavy (non-hydrogen) atoms. The molecule has 2 aromatic carbocycles. The topological polar surface area (TPSA) is 61.4 Å². The molecule has 0 aliphatic rings. The van der Waals surface area contributed by atoms with E-state index in [1.165, 1.54) is 0 Å². The zero-order valence-corrected chi connectivity index (χ0v) is 14.1. The molecule has 2 N–H and O–H groups in total. The third-order valence-electron chi connectivity index (χ3n) is 3.54. The van der Waals surface area contributed by atoms with Crippen LogP contribution in [0.4, 0.5) is 5.69 Å². The van der Waals surface area contributed by atoms with Gasteiger partial charge in [-0.25, -0.2) is 0 Å². The number of carbonyl (C=O) groups is 2. The molecule has 0 unspecified atom stereocenters. The maximum Gasteiger partial charge on any atom is 0.253 e. The molecule has 0 saturated carbocycles. The van der Waals surface area contributed by atoms with Gasteiger partial charge in [0.1, 0.15) is 0 Å². The molecule has 2 rings (SSSR count). The first-order chi connectivity index (χ1) is 11.6. The van der Waals surface area contributed by atoms with Gasteiger partial charge in [0.25, 0.3) is 5.91 Å². The molecule has 2 amide bonds. The first kappa shape index (κ1) is 17.7. The summed E-state index contributed by atoms with van der Waals surface area (Å²) in [7, 11) is 1.77. The van der Waals surface area contributed by atoms with E-state index in [-0.39, 0.29) is 18.4 Å². The highest BCUT2D eigenvalue weighted by Crippen LogP contribution is 2.14. The van der Waals surface area contributed by atoms with Crippen LogP contribution in [0.2, 0.25) is 0 Å². The number of likely N-dealkylation sites (N-methyl/N-ethyl adjacent to an activating group) is 1. The summed E-state index contributed by atoms with van der Waals surface area (Å²) in [4.78, 5) is 26.0. The monoisotopic (exact) mass is 325 g/mol. The van der Waals surface area contributed by atoms with Gasteiger partial charge in [-0.1, -0.05) is 43.3 Å². The lowest BCUT2D eigenvalue weighted by Crippen LogP contribution is -2.28. The van der Waals surface area contributed by atoms with Gasteiger partial charge in [-0.05, 0) is 30.3 Å². The predicted octanol–water partition coefficient (Wildman–Crippen LogP) is 2.51. The quantitative estimate of drug-likeness (QED) is 0.822. The van der Waals surface area contributed by atoms with E-state index in [2.05, 4.69) is 10.6 Å². The van der Waals surface area contributed by atoms with Gasteiger partial charge < -0.3 is 15.5 Å². The summed E-state index contributed by atoms with van der Waals surface area (Å²) in [5, 5.41) is 5.75. The summed E-state index contributed by atoms with van der Waals surface area (Å²) < 4.78 is 0. The minimum absolute atomic E-state index is 0.0818. The highest BCUT2D eigenvalue weighted by atomic mass is 16.2. The highest BCUT2D eigenvalue weighted by molar-refractivity contribution is 5.97. The minimum Gasteiger partial charge on any atom is -0.337 e. The number of hydrogen-bond donors (Lipinski definition) is 2. The second-order valence-corrected chi connectivity index (χ2v) is 5.56. The molecule has 0 aliphatic heterocycles. The summed E-state index contributed by atoms with van der Waals surface area (Å²) in [6.07, 6.45) is 0. The molecule has 5 heteroatoms. The summed E-state index contributed by atoms with van der Waals surface area (Å²) in [6.45, 7) is 3.46. The average Bonchev–Trinajstić information content (AvgIpc) is 2.60. The first-order valence-electron chi connectivity index (χ1n) is 8.00. The Morgan fingerprint density at radius 1 is 1.04 bits per heavy atom. The fourth-order valence-electron chi connectivity index (χ4n) is 2.32. The van der Waals surface area contributed by atoms with Crippen molar-refractivity contribution >= 4 is 17.5 Å². The molecule has 2 aromatic rings. The molecule has 126 valence electrons. The lowest BCUT2D eigenvalue weighted by molar-refractivity contribution is -0.115. The fraction of sp³-hybridized carbons (Fsp3) is 0.263. The average molecular weight is 325 g/mol. The van der Waals surface area contributed by atoms with Gasteiger partial charge in [0.15, 0.2) is 0 Å². The van der Waals surface area contributed by atoms with E-state index >= 15 is 0 Å². The van der Waals surface area contributed by atoms with Gasteiger partial charge in [-0.3, -0.25) is 9.59 Å². The van der Waals surface area contributed by atoms with E-state index < -0.39 is 0 Å². The van der Waals surface area contributed by atoms with Gasteiger partial charge in [-0.2, -0.15) is 0 Å². The Balaban J connectivity index is 2.01. The van der Waals surface area contributed by atoms with Crippen LogP contribution in [-0.2, 0) is 11.3 Å². The van der Waals surface area contributed by atoms with Gasteiger partial charge in [0, 0.05) is 24.8 Å². The van der Waals surface area contributed by atoms with Gasteiger partial charge in [-0.15, -0.1) is 0 Å². The Morgan fingerprint density at radius 3 is 2.50 bits per heavy atom. The van der Waals surface area contributed by atoms with Crippen molar-refractivity contribution in [2.75, 3.05) is 25.5 Å². The second-order valence-electron chi connectivity index (χ2n) is 5.56. The van der Waals surface area contributed by atoms with E-state index in [1.807, 2.05) is 37.3 Å². The molecule has 0 fully saturated rings. The zero-order valence-electron chi connectivity index (χ0n) is 14.1. The molecular formula is C19H23N3O2. The van der Waals surface area contributed by atoms with Crippen LogP contribution in [0, 0.1) is 0 Å². The van der Waals surface area contributed by atoms with Gasteiger partial charge in [0.2, 0.25) is 5.91 Å². The first-order valence-corrected chi connectivity index (χ1v) is 8.00. The number of nitrogens with one attached hydrogen (secondary N) is 2. The largest absolute Gasteiger partial charge is 0.337 e. The minimum atomic E-state index is -0.126. The van der Waals surface area contributed by atoms with Crippen molar-refractivity contribution in [2.24, 2.45) is 0 Å². The molecule has 0 radical (unpaired) electrons. The number of rotatable bonds is 7. The van der Waals surface area contributed by atoms with Crippen molar-refractivity contribution < 1.29 is 9.59 Å². The molecular weight excluding hydrogens is 302 g/mol. The van der Waals surface area contributed by atoms with Crippen LogP contribution in [0.3, 0.4) is 0 Å².